The lowest BCUT2D eigenvalue weighted by Gasteiger charge is -2.28. The summed E-state index contributed by atoms with van der Waals surface area (Å²) in [7, 11) is 1.58. The predicted molar refractivity (Wildman–Crippen MR) is 132 cm³/mol. The highest BCUT2D eigenvalue weighted by Gasteiger charge is 2.28. The van der Waals surface area contributed by atoms with Crippen LogP contribution in [0.4, 0.5) is 0 Å². The molecule has 2 atom stereocenters. The van der Waals surface area contributed by atoms with E-state index in [-0.39, 0.29) is 24.8 Å². The van der Waals surface area contributed by atoms with Crippen LogP contribution in [0.25, 0.3) is 0 Å². The van der Waals surface area contributed by atoms with Crippen LogP contribution in [0.1, 0.15) is 50.4 Å². The Hall–Kier alpha value is -1.87. The molecule has 2 rings (SSSR count). The molecule has 0 amide bonds. The molecule has 9 heteroatoms. The molecule has 0 aromatic heterocycles. The summed E-state index contributed by atoms with van der Waals surface area (Å²) in [5, 5.41) is 14.1. The van der Waals surface area contributed by atoms with Crippen molar-refractivity contribution >= 4 is 29.2 Å². The highest BCUT2D eigenvalue weighted by atomic mass is 35.5. The van der Waals surface area contributed by atoms with E-state index in [4.69, 9.17) is 42.1 Å². The minimum Gasteiger partial charge on any atom is -0.466 e. The van der Waals surface area contributed by atoms with Crippen LogP contribution in [0.15, 0.2) is 42.5 Å². The van der Waals surface area contributed by atoms with E-state index in [1.807, 2.05) is 30.3 Å². The van der Waals surface area contributed by atoms with Crippen LogP contribution in [-0.4, -0.2) is 50.4 Å². The number of aliphatic hydroxyl groups is 1. The van der Waals surface area contributed by atoms with Gasteiger partial charge in [-0.1, -0.05) is 53.5 Å². The van der Waals surface area contributed by atoms with E-state index in [2.05, 4.69) is 5.32 Å². The van der Waals surface area contributed by atoms with Gasteiger partial charge in [0.15, 0.2) is 6.79 Å². The SMILES string of the molecule is COCCOCOc1c(Cl)cc(Cl)cc1[C@@H](CC(=O)OC(C)(C)C)N[C@H](CO)c1ccccc1. The number of methoxy groups -OCH3 is 1. The Morgan fingerprint density at radius 1 is 1.09 bits per heavy atom. The van der Waals surface area contributed by atoms with Gasteiger partial charge in [0.05, 0.1) is 37.3 Å². The fourth-order valence-electron chi connectivity index (χ4n) is 3.28. The zero-order valence-electron chi connectivity index (χ0n) is 20.0. The maximum absolute atomic E-state index is 12.8. The van der Waals surface area contributed by atoms with E-state index >= 15 is 0 Å². The van der Waals surface area contributed by atoms with Crippen LogP contribution in [0.2, 0.25) is 10.0 Å². The van der Waals surface area contributed by atoms with Crippen molar-refractivity contribution in [1.82, 2.24) is 5.32 Å². The summed E-state index contributed by atoms with van der Waals surface area (Å²) < 4.78 is 21.8. The van der Waals surface area contributed by atoms with Crippen LogP contribution < -0.4 is 10.1 Å². The number of halogens is 2. The second kappa shape index (κ2) is 13.9. The second-order valence-electron chi connectivity index (χ2n) is 8.62. The number of hydrogen-bond donors (Lipinski definition) is 2. The van der Waals surface area contributed by atoms with E-state index < -0.39 is 23.7 Å². The number of hydrogen-bond acceptors (Lipinski definition) is 7. The molecule has 2 N–H and O–H groups in total. The standard InChI is InChI=1S/C25H33Cl2NO6/c1-25(2,3)34-23(30)14-21(28-22(15-29)17-8-6-5-7-9-17)19-12-18(26)13-20(27)24(19)33-16-32-11-10-31-4/h5-9,12-13,21-22,28-29H,10-11,14-16H2,1-4H3/t21-,22-/m1/s1. The Morgan fingerprint density at radius 2 is 1.79 bits per heavy atom. The van der Waals surface area contributed by atoms with Crippen molar-refractivity contribution in [3.8, 4) is 5.75 Å². The third kappa shape index (κ3) is 9.41. The highest BCUT2D eigenvalue weighted by molar-refractivity contribution is 6.35. The predicted octanol–water partition coefficient (Wildman–Crippen LogP) is 5.09. The van der Waals surface area contributed by atoms with Crippen LogP contribution >= 0.6 is 23.2 Å². The van der Waals surface area contributed by atoms with Gasteiger partial charge in [-0.2, -0.15) is 0 Å². The first-order chi connectivity index (χ1) is 16.1. The van der Waals surface area contributed by atoms with E-state index in [9.17, 15) is 9.90 Å². The molecule has 0 aliphatic carbocycles. The third-order valence-corrected chi connectivity index (χ3v) is 5.21. The first kappa shape index (κ1) is 28.4. The fourth-order valence-corrected chi connectivity index (χ4v) is 3.85. The number of carbonyl (C=O) groups is 1. The summed E-state index contributed by atoms with van der Waals surface area (Å²) in [5.74, 6) is -0.0950. The minimum atomic E-state index is -0.655. The first-order valence-electron chi connectivity index (χ1n) is 11.0. The Bertz CT molecular complexity index is 904. The van der Waals surface area contributed by atoms with Gasteiger partial charge >= 0.3 is 5.97 Å². The van der Waals surface area contributed by atoms with Crippen molar-refractivity contribution in [3.05, 3.63) is 63.6 Å². The summed E-state index contributed by atoms with van der Waals surface area (Å²) >= 11 is 12.8. The monoisotopic (exact) mass is 513 g/mol. The molecule has 0 fully saturated rings. The van der Waals surface area contributed by atoms with Gasteiger partial charge in [-0.15, -0.1) is 0 Å². The van der Waals surface area contributed by atoms with Gasteiger partial charge in [-0.3, -0.25) is 4.79 Å². The van der Waals surface area contributed by atoms with Crippen molar-refractivity contribution in [2.24, 2.45) is 0 Å². The minimum absolute atomic E-state index is 0.0435. The Morgan fingerprint density at radius 3 is 2.41 bits per heavy atom. The quantitative estimate of drug-likeness (QED) is 0.219. The zero-order valence-corrected chi connectivity index (χ0v) is 21.5. The Labute approximate surface area is 211 Å². The van der Waals surface area contributed by atoms with Crippen molar-refractivity contribution in [2.75, 3.05) is 33.7 Å². The smallest absolute Gasteiger partial charge is 0.308 e. The molecule has 0 spiro atoms. The Balaban J connectivity index is 2.39. The van der Waals surface area contributed by atoms with Crippen molar-refractivity contribution in [2.45, 2.75) is 44.9 Å². The molecule has 2 aromatic carbocycles. The first-order valence-corrected chi connectivity index (χ1v) is 11.7. The van der Waals surface area contributed by atoms with Crippen molar-refractivity contribution < 1.29 is 28.8 Å². The molecule has 0 heterocycles. The van der Waals surface area contributed by atoms with Crippen LogP contribution in [0.3, 0.4) is 0 Å². The average Bonchev–Trinajstić information content (AvgIpc) is 2.76. The van der Waals surface area contributed by atoms with Gasteiger partial charge in [0.2, 0.25) is 0 Å². The topological polar surface area (TPSA) is 86.3 Å². The molecule has 34 heavy (non-hydrogen) atoms. The molecule has 7 nitrogen and oxygen atoms in total. The van der Waals surface area contributed by atoms with Gasteiger partial charge in [-0.25, -0.2) is 0 Å². The molecule has 2 aromatic rings. The molecule has 0 radical (unpaired) electrons. The molecule has 0 aliphatic rings. The van der Waals surface area contributed by atoms with Crippen molar-refractivity contribution in [1.29, 1.82) is 0 Å². The number of carbonyl (C=O) groups excluding carboxylic acids is 1. The normalized spacial score (nSPS) is 13.4. The van der Waals surface area contributed by atoms with Crippen molar-refractivity contribution in [3.63, 3.8) is 0 Å². The molecular weight excluding hydrogens is 481 g/mol. The number of benzene rings is 2. The summed E-state index contributed by atoms with van der Waals surface area (Å²) in [4.78, 5) is 12.8. The average molecular weight is 514 g/mol. The van der Waals surface area contributed by atoms with E-state index in [0.29, 0.717) is 29.5 Å². The molecule has 0 saturated carbocycles. The van der Waals surface area contributed by atoms with Gasteiger partial charge in [0, 0.05) is 23.7 Å². The summed E-state index contributed by atoms with van der Waals surface area (Å²) in [6, 6.07) is 11.6. The van der Waals surface area contributed by atoms with Crippen LogP contribution in [-0.2, 0) is 19.0 Å². The van der Waals surface area contributed by atoms with Gasteiger partial charge in [0.1, 0.15) is 11.4 Å². The van der Waals surface area contributed by atoms with Gasteiger partial charge < -0.3 is 29.4 Å². The highest BCUT2D eigenvalue weighted by Crippen LogP contribution is 2.38. The third-order valence-electron chi connectivity index (χ3n) is 4.71. The fraction of sp³-hybridized carbons (Fsp3) is 0.480. The maximum Gasteiger partial charge on any atom is 0.308 e. The summed E-state index contributed by atoms with van der Waals surface area (Å²) in [6.45, 7) is 5.90. The maximum atomic E-state index is 12.8. The molecular formula is C25H33Cl2NO6. The summed E-state index contributed by atoms with van der Waals surface area (Å²) in [5.41, 5.74) is 0.753. The lowest BCUT2D eigenvalue weighted by molar-refractivity contribution is -0.155. The van der Waals surface area contributed by atoms with E-state index in [1.165, 1.54) is 0 Å². The van der Waals surface area contributed by atoms with E-state index in [0.717, 1.165) is 5.56 Å². The lowest BCUT2D eigenvalue weighted by Crippen LogP contribution is -2.33. The molecule has 0 unspecified atom stereocenters. The second-order valence-corrected chi connectivity index (χ2v) is 9.47. The number of rotatable bonds is 13. The Kier molecular flexibility index (Phi) is 11.6. The largest absolute Gasteiger partial charge is 0.466 e. The van der Waals surface area contributed by atoms with Gasteiger partial charge in [0.25, 0.3) is 0 Å². The zero-order chi connectivity index (χ0) is 25.1. The van der Waals surface area contributed by atoms with Crippen LogP contribution in [0, 0.1) is 0 Å². The lowest BCUT2D eigenvalue weighted by atomic mass is 9.99. The molecule has 0 saturated heterocycles. The number of esters is 1. The molecule has 188 valence electrons. The summed E-state index contributed by atoms with van der Waals surface area (Å²) in [6.07, 6.45) is -0.0435. The number of nitrogens with one attached hydrogen (secondary N) is 1. The molecule has 0 bridgehead atoms. The van der Waals surface area contributed by atoms with E-state index in [1.54, 1.807) is 40.0 Å². The number of aliphatic hydroxyl groups excluding tert-OH is 1. The van der Waals surface area contributed by atoms with Gasteiger partial charge in [-0.05, 0) is 38.5 Å². The van der Waals surface area contributed by atoms with Crippen LogP contribution in [0.5, 0.6) is 5.75 Å². The number of ether oxygens (including phenoxy) is 4. The molecule has 0 aliphatic heterocycles.